The van der Waals surface area contributed by atoms with Gasteiger partial charge in [0.15, 0.2) is 11.5 Å². The molecule has 27 heavy (non-hydrogen) atoms. The van der Waals surface area contributed by atoms with E-state index in [1.54, 1.807) is 21.4 Å². The van der Waals surface area contributed by atoms with Crippen molar-refractivity contribution in [1.82, 2.24) is 14.3 Å². The van der Waals surface area contributed by atoms with Crippen molar-refractivity contribution in [2.45, 2.75) is 0 Å². The number of para-hydroxylation sites is 2. The van der Waals surface area contributed by atoms with Gasteiger partial charge in [-0.2, -0.15) is 10.4 Å². The fourth-order valence-corrected chi connectivity index (χ4v) is 2.85. The predicted octanol–water partition coefficient (Wildman–Crippen LogP) is 3.79. The summed E-state index contributed by atoms with van der Waals surface area (Å²) in [5, 5.41) is 17.0. The van der Waals surface area contributed by atoms with Crippen LogP contribution in [0.1, 0.15) is 16.1 Å². The van der Waals surface area contributed by atoms with Crippen molar-refractivity contribution < 1.29 is 4.79 Å². The highest BCUT2D eigenvalue weighted by Gasteiger charge is 2.25. The van der Waals surface area contributed by atoms with E-state index < -0.39 is 5.91 Å². The van der Waals surface area contributed by atoms with Crippen LogP contribution in [-0.2, 0) is 0 Å². The van der Waals surface area contributed by atoms with E-state index in [0.717, 1.165) is 5.69 Å². The number of anilines is 1. The van der Waals surface area contributed by atoms with Crippen LogP contribution in [0.3, 0.4) is 0 Å². The van der Waals surface area contributed by atoms with E-state index in [0.29, 0.717) is 11.5 Å². The summed E-state index contributed by atoms with van der Waals surface area (Å²) in [4.78, 5) is 12.8. The topological polar surface area (TPSA) is 75.6 Å². The van der Waals surface area contributed by atoms with E-state index in [9.17, 15) is 10.1 Å². The molecule has 0 spiro atoms. The van der Waals surface area contributed by atoms with Crippen molar-refractivity contribution >= 4 is 11.6 Å². The molecule has 1 amide bonds. The van der Waals surface area contributed by atoms with Crippen LogP contribution in [0.5, 0.6) is 0 Å². The highest BCUT2D eigenvalue weighted by Crippen LogP contribution is 2.23. The largest absolute Gasteiger partial charge is 0.321 e. The summed E-state index contributed by atoms with van der Waals surface area (Å²) >= 11 is 0. The molecule has 0 unspecified atom stereocenters. The molecule has 1 N–H and O–H groups in total. The Morgan fingerprint density at radius 1 is 0.926 bits per heavy atom. The van der Waals surface area contributed by atoms with E-state index in [-0.39, 0.29) is 11.3 Å². The second-order valence-electron chi connectivity index (χ2n) is 5.82. The van der Waals surface area contributed by atoms with Gasteiger partial charge in [-0.25, -0.2) is 4.68 Å². The van der Waals surface area contributed by atoms with E-state index in [4.69, 9.17) is 0 Å². The van der Waals surface area contributed by atoms with Crippen LogP contribution in [0.4, 0.5) is 5.69 Å². The Balaban J connectivity index is 1.86. The van der Waals surface area contributed by atoms with Crippen molar-refractivity contribution in [2.24, 2.45) is 0 Å². The van der Waals surface area contributed by atoms with Gasteiger partial charge in [-0.05, 0) is 36.4 Å². The summed E-state index contributed by atoms with van der Waals surface area (Å²) < 4.78 is 3.39. The van der Waals surface area contributed by atoms with E-state index >= 15 is 0 Å². The summed E-state index contributed by atoms with van der Waals surface area (Å²) in [5.41, 5.74) is 1.69. The van der Waals surface area contributed by atoms with E-state index in [2.05, 4.69) is 16.5 Å². The molecule has 0 bridgehead atoms. The molecule has 4 aromatic rings. The number of nitrogens with one attached hydrogen (secondary N) is 1. The zero-order valence-corrected chi connectivity index (χ0v) is 14.3. The number of carbonyl (C=O) groups is 1. The Labute approximate surface area is 155 Å². The molecule has 0 saturated heterocycles. The van der Waals surface area contributed by atoms with E-state index in [1.807, 2.05) is 73.1 Å². The molecule has 0 aliphatic heterocycles. The van der Waals surface area contributed by atoms with Crippen LogP contribution in [0.2, 0.25) is 0 Å². The number of carbonyl (C=O) groups excluding carboxylic acids is 1. The van der Waals surface area contributed by atoms with Gasteiger partial charge in [-0.15, -0.1) is 0 Å². The lowest BCUT2D eigenvalue weighted by atomic mass is 10.2. The first-order chi connectivity index (χ1) is 13.3. The van der Waals surface area contributed by atoms with Crippen LogP contribution >= 0.6 is 0 Å². The van der Waals surface area contributed by atoms with E-state index in [1.165, 1.54) is 0 Å². The minimum absolute atomic E-state index is 0.0777. The molecular formula is C21H15N5O. The summed E-state index contributed by atoms with van der Waals surface area (Å²) in [6.45, 7) is 0. The Hall–Kier alpha value is -4.11. The minimum Gasteiger partial charge on any atom is -0.321 e. The van der Waals surface area contributed by atoms with Gasteiger partial charge >= 0.3 is 0 Å². The molecule has 0 atom stereocenters. The zero-order chi connectivity index (χ0) is 18.6. The second-order valence-corrected chi connectivity index (χ2v) is 5.82. The number of nitrogens with zero attached hydrogens (tertiary/aromatic N) is 4. The summed E-state index contributed by atoms with van der Waals surface area (Å²) in [7, 11) is 0. The highest BCUT2D eigenvalue weighted by atomic mass is 16.2. The average molecular weight is 353 g/mol. The molecule has 0 saturated carbocycles. The molecule has 0 aliphatic rings. The summed E-state index contributed by atoms with van der Waals surface area (Å²) in [6, 6.07) is 24.4. The molecule has 2 aromatic heterocycles. The summed E-state index contributed by atoms with van der Waals surface area (Å²) in [5.74, 6) is 0.0905. The van der Waals surface area contributed by atoms with Gasteiger partial charge in [0.2, 0.25) is 0 Å². The van der Waals surface area contributed by atoms with Gasteiger partial charge < -0.3 is 9.88 Å². The third-order valence-electron chi connectivity index (χ3n) is 4.07. The Morgan fingerprint density at radius 2 is 1.56 bits per heavy atom. The fourth-order valence-electron chi connectivity index (χ4n) is 2.85. The van der Waals surface area contributed by atoms with Gasteiger partial charge in [0.25, 0.3) is 5.91 Å². The lowest BCUT2D eigenvalue weighted by Gasteiger charge is -2.08. The van der Waals surface area contributed by atoms with Gasteiger partial charge in [0, 0.05) is 18.1 Å². The number of hydrogen-bond donors (Lipinski definition) is 1. The normalized spacial score (nSPS) is 10.3. The maximum Gasteiger partial charge on any atom is 0.277 e. The molecule has 2 aromatic carbocycles. The molecular weight excluding hydrogens is 338 g/mol. The van der Waals surface area contributed by atoms with Crippen molar-refractivity contribution in [3.63, 3.8) is 0 Å². The quantitative estimate of drug-likeness (QED) is 0.606. The van der Waals surface area contributed by atoms with Crippen molar-refractivity contribution in [2.75, 3.05) is 5.32 Å². The molecule has 4 rings (SSSR count). The molecule has 6 heteroatoms. The van der Waals surface area contributed by atoms with Crippen LogP contribution in [-0.4, -0.2) is 20.3 Å². The molecule has 2 heterocycles. The molecule has 130 valence electrons. The zero-order valence-electron chi connectivity index (χ0n) is 14.3. The monoisotopic (exact) mass is 353 g/mol. The lowest BCUT2D eigenvalue weighted by molar-refractivity contribution is 0.102. The smallest absolute Gasteiger partial charge is 0.277 e. The van der Waals surface area contributed by atoms with Crippen LogP contribution in [0.15, 0.2) is 85.2 Å². The Kier molecular flexibility index (Phi) is 4.25. The van der Waals surface area contributed by atoms with Gasteiger partial charge in [-0.3, -0.25) is 4.79 Å². The predicted molar refractivity (Wildman–Crippen MR) is 102 cm³/mol. The van der Waals surface area contributed by atoms with Crippen molar-refractivity contribution in [1.29, 1.82) is 5.26 Å². The number of amides is 1. The van der Waals surface area contributed by atoms with Gasteiger partial charge in [0.05, 0.1) is 5.69 Å². The SMILES string of the molecule is N#Cc1c(C(=O)Nc2ccccc2)nn(-c2ccccc2)c1-n1cccc1. The average Bonchev–Trinajstić information content (AvgIpc) is 3.36. The molecule has 0 radical (unpaired) electrons. The Bertz CT molecular complexity index is 1110. The van der Waals surface area contributed by atoms with Crippen molar-refractivity contribution in [3.8, 4) is 17.6 Å². The number of rotatable bonds is 4. The van der Waals surface area contributed by atoms with Crippen LogP contribution in [0, 0.1) is 11.3 Å². The third-order valence-corrected chi connectivity index (χ3v) is 4.07. The first-order valence-electron chi connectivity index (χ1n) is 8.36. The first kappa shape index (κ1) is 16.4. The van der Waals surface area contributed by atoms with Crippen molar-refractivity contribution in [3.05, 3.63) is 96.4 Å². The van der Waals surface area contributed by atoms with Crippen LogP contribution in [0.25, 0.3) is 11.5 Å². The van der Waals surface area contributed by atoms with Crippen LogP contribution < -0.4 is 5.32 Å². The van der Waals surface area contributed by atoms with Gasteiger partial charge in [0.1, 0.15) is 11.6 Å². The molecule has 0 aliphatic carbocycles. The molecule has 6 nitrogen and oxygen atoms in total. The highest BCUT2D eigenvalue weighted by molar-refractivity contribution is 6.05. The van der Waals surface area contributed by atoms with Gasteiger partial charge in [-0.1, -0.05) is 36.4 Å². The molecule has 0 fully saturated rings. The maximum atomic E-state index is 12.8. The minimum atomic E-state index is -0.430. The fraction of sp³-hybridized carbons (Fsp3) is 0. The summed E-state index contributed by atoms with van der Waals surface area (Å²) in [6.07, 6.45) is 3.63. The lowest BCUT2D eigenvalue weighted by Crippen LogP contribution is -2.14. The standard InChI is InChI=1S/C21H15N5O/c22-15-18-19(20(27)23-16-9-3-1-4-10-16)24-26(17-11-5-2-6-12-17)21(18)25-13-7-8-14-25/h1-14H,(H,23,27). The maximum absolute atomic E-state index is 12.8. The second kappa shape index (κ2) is 7.02. The number of benzene rings is 2. The Morgan fingerprint density at radius 3 is 2.19 bits per heavy atom. The number of nitriles is 1. The first-order valence-corrected chi connectivity index (χ1v) is 8.36. The number of aromatic nitrogens is 3. The third kappa shape index (κ3) is 3.10. The number of hydrogen-bond acceptors (Lipinski definition) is 3.